The molecule has 0 spiro atoms. The Morgan fingerprint density at radius 2 is 1.68 bits per heavy atom. The van der Waals surface area contributed by atoms with Gasteiger partial charge in [0.15, 0.2) is 0 Å². The second kappa shape index (κ2) is 10.7. The molecule has 7 heteroatoms. The minimum Gasteiger partial charge on any atom is -0.481 e. The molecule has 3 N–H and O–H groups in total. The maximum absolute atomic E-state index is 12.7. The molecule has 1 unspecified atom stereocenters. The van der Waals surface area contributed by atoms with Gasteiger partial charge in [0, 0.05) is 23.9 Å². The lowest BCUT2D eigenvalue weighted by Crippen LogP contribution is -2.45. The summed E-state index contributed by atoms with van der Waals surface area (Å²) in [4.78, 5) is 36.3. The van der Waals surface area contributed by atoms with E-state index in [0.29, 0.717) is 12.8 Å². The van der Waals surface area contributed by atoms with Crippen molar-refractivity contribution in [2.24, 2.45) is 5.92 Å². The lowest BCUT2D eigenvalue weighted by atomic mass is 9.85. The van der Waals surface area contributed by atoms with Gasteiger partial charge in [-0.3, -0.25) is 9.59 Å². The summed E-state index contributed by atoms with van der Waals surface area (Å²) in [5.74, 6) is -1.29. The molecule has 0 heterocycles. The van der Waals surface area contributed by atoms with Crippen LogP contribution in [-0.4, -0.2) is 41.8 Å². The van der Waals surface area contributed by atoms with E-state index < -0.39 is 12.1 Å². The van der Waals surface area contributed by atoms with Gasteiger partial charge >= 0.3 is 12.1 Å². The summed E-state index contributed by atoms with van der Waals surface area (Å²) in [5, 5.41) is 14.8. The summed E-state index contributed by atoms with van der Waals surface area (Å²) >= 11 is 0. The van der Waals surface area contributed by atoms with Crippen LogP contribution >= 0.6 is 0 Å². The molecule has 0 aliphatic heterocycles. The summed E-state index contributed by atoms with van der Waals surface area (Å²) in [5.41, 5.74) is 4.69. The van der Waals surface area contributed by atoms with E-state index in [9.17, 15) is 14.4 Å². The minimum atomic E-state index is -0.925. The van der Waals surface area contributed by atoms with E-state index in [0.717, 1.165) is 30.4 Å². The number of rotatable bonds is 8. The number of nitrogens with one attached hydrogen (secondary N) is 2. The van der Waals surface area contributed by atoms with Crippen molar-refractivity contribution < 1.29 is 24.2 Å². The number of hydrogen-bond donors (Lipinski definition) is 3. The molecule has 0 radical (unpaired) electrons. The molecule has 34 heavy (non-hydrogen) atoms. The molecular weight excluding hydrogens is 432 g/mol. The number of carbonyl (C=O) groups excluding carboxylic acids is 2. The van der Waals surface area contributed by atoms with Crippen LogP contribution in [0.15, 0.2) is 48.5 Å². The van der Waals surface area contributed by atoms with Gasteiger partial charge in [0.1, 0.15) is 6.61 Å². The molecule has 0 saturated heterocycles. The zero-order chi connectivity index (χ0) is 24.1. The average molecular weight is 465 g/mol. The van der Waals surface area contributed by atoms with Crippen molar-refractivity contribution in [3.05, 3.63) is 59.7 Å². The third-order valence-corrected chi connectivity index (χ3v) is 6.97. The van der Waals surface area contributed by atoms with Gasteiger partial charge in [-0.05, 0) is 47.9 Å². The van der Waals surface area contributed by atoms with Crippen molar-refractivity contribution in [2.75, 3.05) is 6.61 Å². The smallest absolute Gasteiger partial charge is 0.407 e. The first-order chi connectivity index (χ1) is 16.5. The van der Waals surface area contributed by atoms with Crippen molar-refractivity contribution in [1.82, 2.24) is 10.6 Å². The van der Waals surface area contributed by atoms with Crippen molar-refractivity contribution in [2.45, 2.75) is 63.5 Å². The van der Waals surface area contributed by atoms with Crippen molar-refractivity contribution >= 4 is 18.0 Å². The molecule has 0 bridgehead atoms. The zero-order valence-electron chi connectivity index (χ0n) is 19.5. The van der Waals surface area contributed by atoms with E-state index >= 15 is 0 Å². The third-order valence-electron chi connectivity index (χ3n) is 6.97. The van der Waals surface area contributed by atoms with Crippen LogP contribution in [0.2, 0.25) is 0 Å². The second-order valence-electron chi connectivity index (χ2n) is 9.24. The number of amides is 2. The highest BCUT2D eigenvalue weighted by Crippen LogP contribution is 2.44. The standard InChI is InChI=1S/C27H32N2O5/c1-2-18(15-25(30)31)28-26(32)17-8-7-9-19(14-17)29-27(33)34-16-24-22-12-5-3-10-20(22)21-11-4-6-13-23(21)24/h3-6,10-13,17-19,24H,2,7-9,14-16H2,1H3,(H,28,32)(H,29,33)(H,30,31)/t17-,18?,19+/m0/s1. The van der Waals surface area contributed by atoms with Crippen LogP contribution in [-0.2, 0) is 14.3 Å². The largest absolute Gasteiger partial charge is 0.481 e. The Morgan fingerprint density at radius 1 is 1.03 bits per heavy atom. The SMILES string of the molecule is CCC(CC(=O)O)NC(=O)[C@H]1CCC[C@@H](NC(=O)OCC2c3ccccc3-c3ccccc32)C1. The van der Waals surface area contributed by atoms with Crippen LogP contribution in [0, 0.1) is 5.92 Å². The number of carboxylic acid groups (broad SMARTS) is 1. The number of ether oxygens (including phenoxy) is 1. The fraction of sp³-hybridized carbons (Fsp3) is 0.444. The van der Waals surface area contributed by atoms with Gasteiger partial charge in [0.05, 0.1) is 6.42 Å². The Hall–Kier alpha value is -3.35. The highest BCUT2D eigenvalue weighted by Gasteiger charge is 2.31. The quantitative estimate of drug-likeness (QED) is 0.535. The fourth-order valence-electron chi connectivity index (χ4n) is 5.19. The van der Waals surface area contributed by atoms with Crippen LogP contribution in [0.25, 0.3) is 11.1 Å². The van der Waals surface area contributed by atoms with Gasteiger partial charge < -0.3 is 20.5 Å². The van der Waals surface area contributed by atoms with Crippen molar-refractivity contribution in [1.29, 1.82) is 0 Å². The number of hydrogen-bond acceptors (Lipinski definition) is 4. The third kappa shape index (κ3) is 5.41. The summed E-state index contributed by atoms with van der Waals surface area (Å²) in [6.45, 7) is 2.11. The lowest BCUT2D eigenvalue weighted by molar-refractivity contribution is -0.138. The number of carbonyl (C=O) groups is 3. The highest BCUT2D eigenvalue weighted by molar-refractivity contribution is 5.80. The monoisotopic (exact) mass is 464 g/mol. The Balaban J connectivity index is 1.31. The van der Waals surface area contributed by atoms with E-state index in [2.05, 4.69) is 34.9 Å². The van der Waals surface area contributed by atoms with Crippen LogP contribution in [0.1, 0.15) is 62.5 Å². The van der Waals surface area contributed by atoms with Crippen LogP contribution in [0.4, 0.5) is 4.79 Å². The van der Waals surface area contributed by atoms with E-state index in [1.807, 2.05) is 31.2 Å². The molecule has 2 aliphatic rings. The van der Waals surface area contributed by atoms with Crippen LogP contribution < -0.4 is 10.6 Å². The first-order valence-electron chi connectivity index (χ1n) is 12.1. The number of aliphatic carboxylic acids is 1. The molecule has 1 fully saturated rings. The van der Waals surface area contributed by atoms with Crippen molar-refractivity contribution in [3.63, 3.8) is 0 Å². The zero-order valence-corrected chi connectivity index (χ0v) is 19.5. The van der Waals surface area contributed by atoms with Gasteiger partial charge in [-0.2, -0.15) is 0 Å². The molecule has 2 aromatic carbocycles. The van der Waals surface area contributed by atoms with Crippen molar-refractivity contribution in [3.8, 4) is 11.1 Å². The van der Waals surface area contributed by atoms with Gasteiger partial charge in [0.2, 0.25) is 5.91 Å². The average Bonchev–Trinajstić information content (AvgIpc) is 3.16. The first-order valence-corrected chi connectivity index (χ1v) is 12.1. The Labute approximate surface area is 199 Å². The van der Waals surface area contributed by atoms with E-state index in [-0.39, 0.29) is 42.9 Å². The Kier molecular flexibility index (Phi) is 7.50. The van der Waals surface area contributed by atoms with Gasteiger partial charge in [-0.25, -0.2) is 4.79 Å². The molecule has 2 amide bonds. The molecule has 4 rings (SSSR count). The molecule has 1 saturated carbocycles. The van der Waals surface area contributed by atoms with E-state index in [1.54, 1.807) is 0 Å². The molecule has 2 aliphatic carbocycles. The molecule has 180 valence electrons. The molecule has 2 aromatic rings. The van der Waals surface area contributed by atoms with Crippen LogP contribution in [0.3, 0.4) is 0 Å². The van der Waals surface area contributed by atoms with Gasteiger partial charge in [-0.1, -0.05) is 61.9 Å². The number of fused-ring (bicyclic) bond motifs is 3. The minimum absolute atomic E-state index is 0.00300. The molecule has 3 atom stereocenters. The number of alkyl carbamates (subject to hydrolysis) is 1. The molecule has 0 aromatic heterocycles. The summed E-state index contributed by atoms with van der Waals surface area (Å²) in [7, 11) is 0. The topological polar surface area (TPSA) is 105 Å². The summed E-state index contributed by atoms with van der Waals surface area (Å²) in [6, 6.07) is 15.9. The molecule has 7 nitrogen and oxygen atoms in total. The Bertz CT molecular complexity index is 1010. The predicted octanol–water partition coefficient (Wildman–Crippen LogP) is 4.45. The molecular formula is C27H32N2O5. The fourth-order valence-corrected chi connectivity index (χ4v) is 5.19. The second-order valence-corrected chi connectivity index (χ2v) is 9.24. The normalized spacial score (nSPS) is 20.0. The number of carboxylic acids is 1. The number of benzene rings is 2. The van der Waals surface area contributed by atoms with E-state index in [1.165, 1.54) is 11.1 Å². The van der Waals surface area contributed by atoms with Crippen LogP contribution in [0.5, 0.6) is 0 Å². The van der Waals surface area contributed by atoms with E-state index in [4.69, 9.17) is 9.84 Å². The van der Waals surface area contributed by atoms with Gasteiger partial charge in [-0.15, -0.1) is 0 Å². The first kappa shape index (κ1) is 23.8. The summed E-state index contributed by atoms with van der Waals surface area (Å²) < 4.78 is 5.65. The maximum atomic E-state index is 12.7. The summed E-state index contributed by atoms with van der Waals surface area (Å²) in [6.07, 6.45) is 2.88. The predicted molar refractivity (Wildman–Crippen MR) is 128 cm³/mol. The maximum Gasteiger partial charge on any atom is 0.407 e. The Morgan fingerprint density at radius 3 is 2.29 bits per heavy atom. The lowest BCUT2D eigenvalue weighted by Gasteiger charge is -2.30. The highest BCUT2D eigenvalue weighted by atomic mass is 16.5. The van der Waals surface area contributed by atoms with Gasteiger partial charge in [0.25, 0.3) is 0 Å².